The van der Waals surface area contributed by atoms with E-state index in [2.05, 4.69) is 63.4 Å². The molecule has 1 unspecified atom stereocenters. The SMILES string of the molecule is CCO[Si](CCCCN(C)[Si](CC)(CC)CC)(OCC)OC(C)CCN1CCNCC1. The second kappa shape index (κ2) is 15.9. The minimum Gasteiger partial charge on any atom is -0.374 e. The zero-order chi connectivity index (χ0) is 23.2. The van der Waals surface area contributed by atoms with Crippen LogP contribution in [-0.2, 0) is 13.3 Å². The number of nitrogens with zero attached hydrogens (tertiary/aromatic N) is 2. The van der Waals surface area contributed by atoms with Gasteiger partial charge in [-0.2, -0.15) is 0 Å². The first-order valence-corrected chi connectivity index (χ1v) is 17.5. The number of nitrogens with one attached hydrogen (secondary N) is 1. The Morgan fingerprint density at radius 1 is 0.935 bits per heavy atom. The highest BCUT2D eigenvalue weighted by molar-refractivity contribution is 6.76. The molecule has 1 heterocycles. The van der Waals surface area contributed by atoms with Gasteiger partial charge in [0, 0.05) is 58.1 Å². The first-order valence-electron chi connectivity index (χ1n) is 13.0. The van der Waals surface area contributed by atoms with Gasteiger partial charge in [0.15, 0.2) is 0 Å². The number of hydrogen-bond acceptors (Lipinski definition) is 6. The van der Waals surface area contributed by atoms with E-state index in [1.54, 1.807) is 0 Å². The van der Waals surface area contributed by atoms with Gasteiger partial charge in [-0.3, -0.25) is 0 Å². The largest absolute Gasteiger partial charge is 0.501 e. The zero-order valence-corrected chi connectivity index (χ0v) is 23.8. The van der Waals surface area contributed by atoms with E-state index in [0.717, 1.165) is 51.6 Å². The molecule has 8 heteroatoms. The lowest BCUT2D eigenvalue weighted by molar-refractivity contribution is 0.0310. The Bertz CT molecular complexity index is 436. The predicted molar refractivity (Wildman–Crippen MR) is 137 cm³/mol. The van der Waals surface area contributed by atoms with E-state index in [4.69, 9.17) is 13.3 Å². The second-order valence-corrected chi connectivity index (χ2v) is 17.0. The summed E-state index contributed by atoms with van der Waals surface area (Å²) in [7, 11) is -1.53. The van der Waals surface area contributed by atoms with E-state index in [1.165, 1.54) is 31.1 Å². The van der Waals surface area contributed by atoms with Crippen molar-refractivity contribution >= 4 is 17.0 Å². The summed E-state index contributed by atoms with van der Waals surface area (Å²) in [5.74, 6) is 0. The average molecular weight is 476 g/mol. The van der Waals surface area contributed by atoms with Crippen molar-refractivity contribution in [2.75, 3.05) is 59.5 Å². The fraction of sp³-hybridized carbons (Fsp3) is 1.00. The van der Waals surface area contributed by atoms with Crippen LogP contribution in [0.4, 0.5) is 0 Å². The summed E-state index contributed by atoms with van der Waals surface area (Å²) < 4.78 is 21.8. The molecule has 0 bridgehead atoms. The minimum atomic E-state index is -2.63. The van der Waals surface area contributed by atoms with Crippen LogP contribution in [0, 0.1) is 0 Å². The second-order valence-electron chi connectivity index (χ2n) is 9.02. The molecular weight excluding hydrogens is 422 g/mol. The van der Waals surface area contributed by atoms with Crippen LogP contribution in [0.3, 0.4) is 0 Å². The molecule has 0 spiro atoms. The number of piperazine rings is 1. The molecule has 0 saturated carbocycles. The molecule has 0 amide bonds. The Morgan fingerprint density at radius 2 is 1.52 bits per heavy atom. The molecule has 1 N–H and O–H groups in total. The first-order chi connectivity index (χ1) is 14.9. The van der Waals surface area contributed by atoms with Gasteiger partial charge in [0.05, 0.1) is 0 Å². The van der Waals surface area contributed by atoms with Crippen molar-refractivity contribution in [2.24, 2.45) is 0 Å². The van der Waals surface area contributed by atoms with Crippen LogP contribution in [0.15, 0.2) is 0 Å². The number of rotatable bonds is 18. The highest BCUT2D eigenvalue weighted by atomic mass is 28.4. The van der Waals surface area contributed by atoms with Crippen LogP contribution < -0.4 is 5.32 Å². The Balaban J connectivity index is 2.57. The molecule has 0 radical (unpaired) electrons. The molecule has 1 aliphatic heterocycles. The maximum Gasteiger partial charge on any atom is 0.501 e. The van der Waals surface area contributed by atoms with Crippen LogP contribution in [0.25, 0.3) is 0 Å². The van der Waals surface area contributed by atoms with Gasteiger partial charge in [0.1, 0.15) is 8.24 Å². The highest BCUT2D eigenvalue weighted by Gasteiger charge is 2.42. The fourth-order valence-electron chi connectivity index (χ4n) is 4.90. The van der Waals surface area contributed by atoms with Crippen molar-refractivity contribution in [1.82, 2.24) is 14.8 Å². The third-order valence-corrected chi connectivity index (χ3v) is 16.2. The van der Waals surface area contributed by atoms with E-state index < -0.39 is 17.0 Å². The summed E-state index contributed by atoms with van der Waals surface area (Å²) in [6.07, 6.45) is 3.51. The van der Waals surface area contributed by atoms with Gasteiger partial charge >= 0.3 is 8.80 Å². The van der Waals surface area contributed by atoms with Crippen molar-refractivity contribution < 1.29 is 13.3 Å². The molecule has 1 atom stereocenters. The standard InChI is InChI=1S/C23H53N3O3Si2/c1-8-27-31(28-9-2,29-23(6)15-19-26-20-16-24-17-21-26)22-14-13-18-25(7)30(10-3,11-4)12-5/h23-24H,8-22H2,1-7H3. The molecule has 1 rings (SSSR count). The lowest BCUT2D eigenvalue weighted by Crippen LogP contribution is -2.50. The van der Waals surface area contributed by atoms with Crippen LogP contribution in [-0.4, -0.2) is 92.1 Å². The normalized spacial score (nSPS) is 17.4. The zero-order valence-electron chi connectivity index (χ0n) is 21.8. The molecule has 0 aromatic rings. The van der Waals surface area contributed by atoms with Gasteiger partial charge in [0.2, 0.25) is 0 Å². The molecule has 0 aromatic carbocycles. The summed E-state index contributed by atoms with van der Waals surface area (Å²) in [5.41, 5.74) is 0. The van der Waals surface area contributed by atoms with Crippen molar-refractivity contribution in [2.45, 2.75) is 91.1 Å². The smallest absolute Gasteiger partial charge is 0.374 e. The quantitative estimate of drug-likeness (QED) is 0.234. The van der Waals surface area contributed by atoms with E-state index >= 15 is 0 Å². The molecule has 31 heavy (non-hydrogen) atoms. The Labute approximate surface area is 195 Å². The van der Waals surface area contributed by atoms with Gasteiger partial charge in [-0.25, -0.2) is 0 Å². The van der Waals surface area contributed by atoms with Crippen LogP contribution >= 0.6 is 0 Å². The molecule has 6 nitrogen and oxygen atoms in total. The van der Waals surface area contributed by atoms with Crippen LogP contribution in [0.1, 0.15) is 60.8 Å². The van der Waals surface area contributed by atoms with Gasteiger partial charge in [-0.05, 0) is 71.8 Å². The van der Waals surface area contributed by atoms with Crippen molar-refractivity contribution in [3.63, 3.8) is 0 Å². The van der Waals surface area contributed by atoms with Crippen LogP contribution in [0.5, 0.6) is 0 Å². The molecule has 0 aliphatic carbocycles. The van der Waals surface area contributed by atoms with Crippen molar-refractivity contribution in [3.05, 3.63) is 0 Å². The highest BCUT2D eigenvalue weighted by Crippen LogP contribution is 2.26. The molecular formula is C23H53N3O3Si2. The maximum absolute atomic E-state index is 6.60. The molecule has 1 fully saturated rings. The fourth-order valence-corrected chi connectivity index (χ4v) is 11.6. The number of hydrogen-bond donors (Lipinski definition) is 1. The lowest BCUT2D eigenvalue weighted by Gasteiger charge is -2.38. The lowest BCUT2D eigenvalue weighted by atomic mass is 10.2. The monoisotopic (exact) mass is 475 g/mol. The van der Waals surface area contributed by atoms with E-state index in [1.807, 2.05) is 0 Å². The topological polar surface area (TPSA) is 46.2 Å². The minimum absolute atomic E-state index is 0.169. The third kappa shape index (κ3) is 9.92. The van der Waals surface area contributed by atoms with Crippen LogP contribution in [0.2, 0.25) is 24.2 Å². The van der Waals surface area contributed by atoms with Crippen molar-refractivity contribution in [3.8, 4) is 0 Å². The molecule has 186 valence electrons. The number of unbranched alkanes of at least 4 members (excludes halogenated alkanes) is 1. The van der Waals surface area contributed by atoms with E-state index in [9.17, 15) is 0 Å². The summed E-state index contributed by atoms with van der Waals surface area (Å²) >= 11 is 0. The maximum atomic E-state index is 6.60. The Morgan fingerprint density at radius 3 is 2.03 bits per heavy atom. The Hall–Kier alpha value is 0.194. The molecule has 0 aromatic heterocycles. The molecule has 1 saturated heterocycles. The van der Waals surface area contributed by atoms with Crippen molar-refractivity contribution in [1.29, 1.82) is 0 Å². The van der Waals surface area contributed by atoms with Gasteiger partial charge in [-0.15, -0.1) is 0 Å². The summed E-state index contributed by atoms with van der Waals surface area (Å²) in [6, 6.07) is 4.97. The summed E-state index contributed by atoms with van der Waals surface area (Å²) in [6.45, 7) is 21.5. The van der Waals surface area contributed by atoms with E-state index in [-0.39, 0.29) is 6.10 Å². The summed E-state index contributed by atoms with van der Waals surface area (Å²) in [5, 5.41) is 3.42. The predicted octanol–water partition coefficient (Wildman–Crippen LogP) is 4.42. The van der Waals surface area contributed by atoms with Gasteiger partial charge < -0.3 is 28.1 Å². The average Bonchev–Trinajstić information content (AvgIpc) is 2.78. The van der Waals surface area contributed by atoms with E-state index in [0.29, 0.717) is 13.2 Å². The van der Waals surface area contributed by atoms with Gasteiger partial charge in [0.25, 0.3) is 0 Å². The first kappa shape index (κ1) is 29.2. The Kier molecular flexibility index (Phi) is 15.0. The van der Waals surface area contributed by atoms with Gasteiger partial charge in [-0.1, -0.05) is 20.8 Å². The third-order valence-electron chi connectivity index (χ3n) is 7.18. The summed E-state index contributed by atoms with van der Waals surface area (Å²) in [4.78, 5) is 2.53. The molecule has 1 aliphatic rings.